The van der Waals surface area contributed by atoms with Gasteiger partial charge in [-0.1, -0.05) is 5.16 Å². The Kier molecular flexibility index (Phi) is 4.80. The molecule has 9 heteroatoms. The Hall–Kier alpha value is -3.49. The van der Waals surface area contributed by atoms with Crippen molar-refractivity contribution >= 4 is 17.0 Å². The number of fused-ring (bicyclic) bond motifs is 1. The third-order valence-electron chi connectivity index (χ3n) is 5.76. The first-order valence-electron chi connectivity index (χ1n) is 10.7. The number of rotatable bonds is 7. The first kappa shape index (κ1) is 19.5. The van der Waals surface area contributed by atoms with Gasteiger partial charge in [0.15, 0.2) is 0 Å². The molecule has 1 saturated carbocycles. The van der Waals surface area contributed by atoms with Crippen molar-refractivity contribution in [2.75, 3.05) is 0 Å². The Balaban J connectivity index is 1.55. The lowest BCUT2D eigenvalue weighted by atomic mass is 10.0. The van der Waals surface area contributed by atoms with Crippen LogP contribution in [-0.2, 0) is 13.1 Å². The minimum atomic E-state index is -0.168. The number of hydrogen-bond acceptors (Lipinski definition) is 6. The molecular weight excluding hydrogens is 394 g/mol. The monoisotopic (exact) mass is 419 g/mol. The van der Waals surface area contributed by atoms with Crippen molar-refractivity contribution < 1.29 is 9.32 Å². The fraction of sp³-hybridized carbons (Fsp3) is 0.409. The van der Waals surface area contributed by atoms with Crippen molar-refractivity contribution in [1.82, 2.24) is 35.0 Å². The SMILES string of the molecule is CCn1ncc(-c2noc3nc(C4CC4)cc(C(=O)NC(C)Cn4cccn4)c23)c1C. The van der Waals surface area contributed by atoms with Gasteiger partial charge in [0.2, 0.25) is 0 Å². The minimum absolute atomic E-state index is 0.104. The molecule has 0 aliphatic heterocycles. The summed E-state index contributed by atoms with van der Waals surface area (Å²) in [4.78, 5) is 18.0. The maximum Gasteiger partial charge on any atom is 0.259 e. The maximum atomic E-state index is 13.4. The highest BCUT2D eigenvalue weighted by atomic mass is 16.5. The summed E-state index contributed by atoms with van der Waals surface area (Å²) < 4.78 is 9.31. The number of pyridine rings is 1. The molecule has 1 amide bonds. The van der Waals surface area contributed by atoms with Crippen molar-refractivity contribution in [2.45, 2.75) is 58.7 Å². The van der Waals surface area contributed by atoms with E-state index in [1.165, 1.54) is 0 Å². The molecule has 0 aromatic carbocycles. The van der Waals surface area contributed by atoms with Gasteiger partial charge in [-0.2, -0.15) is 10.2 Å². The van der Waals surface area contributed by atoms with E-state index in [1.807, 2.05) is 43.8 Å². The summed E-state index contributed by atoms with van der Waals surface area (Å²) in [5.41, 5.74) is 4.25. The van der Waals surface area contributed by atoms with Gasteiger partial charge in [0, 0.05) is 47.8 Å². The standard InChI is InChI=1S/C22H25N7O2/c1-4-29-14(3)17(11-24-29)20-19-16(10-18(15-6-7-15)26-22(19)31-27-20)21(30)25-13(2)12-28-9-5-8-23-28/h5,8-11,13,15H,4,6-7,12H2,1-3H3,(H,25,30). The van der Waals surface area contributed by atoms with Crippen LogP contribution in [0, 0.1) is 6.92 Å². The summed E-state index contributed by atoms with van der Waals surface area (Å²) in [6, 6.07) is 3.66. The second kappa shape index (κ2) is 7.64. The van der Waals surface area contributed by atoms with Crippen molar-refractivity contribution in [2.24, 2.45) is 0 Å². The van der Waals surface area contributed by atoms with Crippen LogP contribution in [0.3, 0.4) is 0 Å². The Bertz CT molecular complexity index is 1230. The molecule has 1 unspecified atom stereocenters. The number of carbonyl (C=O) groups excluding carboxylic acids is 1. The van der Waals surface area contributed by atoms with Crippen LogP contribution in [-0.4, -0.2) is 41.7 Å². The number of amides is 1. The number of nitrogens with one attached hydrogen (secondary N) is 1. The summed E-state index contributed by atoms with van der Waals surface area (Å²) in [6.07, 6.45) is 7.54. The molecule has 0 saturated heterocycles. The highest BCUT2D eigenvalue weighted by molar-refractivity contribution is 6.09. The smallest absolute Gasteiger partial charge is 0.259 e. The molecule has 31 heavy (non-hydrogen) atoms. The van der Waals surface area contributed by atoms with E-state index < -0.39 is 0 Å². The molecule has 0 spiro atoms. The predicted octanol–water partition coefficient (Wildman–Crippen LogP) is 3.31. The van der Waals surface area contributed by atoms with E-state index in [0.29, 0.717) is 34.8 Å². The minimum Gasteiger partial charge on any atom is -0.348 e. The van der Waals surface area contributed by atoms with Crippen molar-refractivity contribution in [3.63, 3.8) is 0 Å². The zero-order valence-electron chi connectivity index (χ0n) is 17.9. The first-order chi connectivity index (χ1) is 15.0. The van der Waals surface area contributed by atoms with Gasteiger partial charge in [-0.25, -0.2) is 4.98 Å². The van der Waals surface area contributed by atoms with Crippen LogP contribution in [0.4, 0.5) is 0 Å². The molecule has 5 rings (SSSR count). The van der Waals surface area contributed by atoms with Gasteiger partial charge in [0.25, 0.3) is 11.6 Å². The second-order valence-corrected chi connectivity index (χ2v) is 8.14. The molecule has 0 bridgehead atoms. The average molecular weight is 419 g/mol. The molecule has 160 valence electrons. The van der Waals surface area contributed by atoms with Gasteiger partial charge in [-0.3, -0.25) is 14.2 Å². The molecule has 1 fully saturated rings. The van der Waals surface area contributed by atoms with Crippen LogP contribution in [0.5, 0.6) is 0 Å². The number of hydrogen-bond donors (Lipinski definition) is 1. The summed E-state index contributed by atoms with van der Waals surface area (Å²) >= 11 is 0. The van der Waals surface area contributed by atoms with E-state index in [2.05, 4.69) is 25.7 Å². The van der Waals surface area contributed by atoms with Crippen molar-refractivity contribution in [3.8, 4) is 11.3 Å². The fourth-order valence-corrected chi connectivity index (χ4v) is 3.96. The Morgan fingerprint density at radius 1 is 1.35 bits per heavy atom. The Morgan fingerprint density at radius 2 is 2.19 bits per heavy atom. The largest absolute Gasteiger partial charge is 0.348 e. The van der Waals surface area contributed by atoms with E-state index in [1.54, 1.807) is 17.1 Å². The molecule has 4 heterocycles. The van der Waals surface area contributed by atoms with Gasteiger partial charge >= 0.3 is 0 Å². The molecule has 4 aromatic rings. The predicted molar refractivity (Wildman–Crippen MR) is 115 cm³/mol. The summed E-state index contributed by atoms with van der Waals surface area (Å²) in [5, 5.41) is 16.7. The number of nitrogens with zero attached hydrogens (tertiary/aromatic N) is 6. The Morgan fingerprint density at radius 3 is 2.87 bits per heavy atom. The first-order valence-corrected chi connectivity index (χ1v) is 10.7. The molecule has 1 N–H and O–H groups in total. The zero-order chi connectivity index (χ0) is 21.5. The topological polar surface area (TPSA) is 104 Å². The van der Waals surface area contributed by atoms with Crippen LogP contribution in [0.1, 0.15) is 54.4 Å². The average Bonchev–Trinajstić information content (AvgIpc) is 3.14. The van der Waals surface area contributed by atoms with Crippen LogP contribution >= 0.6 is 0 Å². The van der Waals surface area contributed by atoms with E-state index in [9.17, 15) is 4.79 Å². The van der Waals surface area contributed by atoms with Gasteiger partial charge in [-0.15, -0.1) is 0 Å². The van der Waals surface area contributed by atoms with Crippen LogP contribution < -0.4 is 5.32 Å². The number of aromatic nitrogens is 6. The highest BCUT2D eigenvalue weighted by Gasteiger charge is 2.30. The van der Waals surface area contributed by atoms with Crippen LogP contribution in [0.25, 0.3) is 22.4 Å². The van der Waals surface area contributed by atoms with Crippen molar-refractivity contribution in [3.05, 3.63) is 47.7 Å². The third kappa shape index (κ3) is 3.60. The van der Waals surface area contributed by atoms with Gasteiger partial charge < -0.3 is 9.84 Å². The fourth-order valence-electron chi connectivity index (χ4n) is 3.96. The van der Waals surface area contributed by atoms with E-state index in [0.717, 1.165) is 36.3 Å². The van der Waals surface area contributed by atoms with Gasteiger partial charge in [0.05, 0.1) is 23.7 Å². The highest BCUT2D eigenvalue weighted by Crippen LogP contribution is 2.41. The molecule has 1 aliphatic carbocycles. The van der Waals surface area contributed by atoms with Crippen molar-refractivity contribution in [1.29, 1.82) is 0 Å². The zero-order valence-corrected chi connectivity index (χ0v) is 17.9. The lowest BCUT2D eigenvalue weighted by Crippen LogP contribution is -2.36. The number of carbonyl (C=O) groups is 1. The maximum absolute atomic E-state index is 13.4. The third-order valence-corrected chi connectivity index (χ3v) is 5.76. The summed E-state index contributed by atoms with van der Waals surface area (Å²) in [5.74, 6) is 0.217. The molecular formula is C22H25N7O2. The lowest BCUT2D eigenvalue weighted by Gasteiger charge is -2.15. The van der Waals surface area contributed by atoms with Crippen LogP contribution in [0.15, 0.2) is 35.2 Å². The summed E-state index contributed by atoms with van der Waals surface area (Å²) in [7, 11) is 0. The normalized spacial score (nSPS) is 14.8. The van der Waals surface area contributed by atoms with Gasteiger partial charge in [-0.05, 0) is 45.7 Å². The summed E-state index contributed by atoms with van der Waals surface area (Å²) in [6.45, 7) is 7.33. The van der Waals surface area contributed by atoms with Gasteiger partial charge in [0.1, 0.15) is 5.69 Å². The van der Waals surface area contributed by atoms with E-state index in [-0.39, 0.29) is 11.9 Å². The second-order valence-electron chi connectivity index (χ2n) is 8.14. The molecule has 4 aromatic heterocycles. The number of aryl methyl sites for hydroxylation is 1. The molecule has 0 radical (unpaired) electrons. The quantitative estimate of drug-likeness (QED) is 0.493. The molecule has 9 nitrogen and oxygen atoms in total. The molecule has 1 aliphatic rings. The molecule has 1 atom stereocenters. The lowest BCUT2D eigenvalue weighted by molar-refractivity contribution is 0.0937. The van der Waals surface area contributed by atoms with E-state index >= 15 is 0 Å². The van der Waals surface area contributed by atoms with E-state index in [4.69, 9.17) is 4.52 Å². The van der Waals surface area contributed by atoms with Crippen LogP contribution in [0.2, 0.25) is 0 Å². The Labute approximate surface area is 179 Å².